The Morgan fingerprint density at radius 3 is 2.78 bits per heavy atom. The number of carbonyl (C=O) groups is 2. The van der Waals surface area contributed by atoms with E-state index in [2.05, 4.69) is 20.4 Å². The molecule has 2 aromatic rings. The largest absolute Gasteiger partial charge is 0.479 e. The Balaban J connectivity index is 2.17. The first-order valence-corrected chi connectivity index (χ1v) is 5.08. The Labute approximate surface area is 102 Å². The number of nitrogens with zero attached hydrogens (tertiary/aromatic N) is 3. The maximum absolute atomic E-state index is 11.7. The molecule has 1 unspecified atom stereocenters. The molecule has 94 valence electrons. The Kier molecular flexibility index (Phi) is 3.09. The molecule has 0 saturated heterocycles. The van der Waals surface area contributed by atoms with Crippen LogP contribution >= 0.6 is 0 Å². The summed E-state index contributed by atoms with van der Waals surface area (Å²) in [5, 5.41) is 15.4. The van der Waals surface area contributed by atoms with Gasteiger partial charge >= 0.3 is 5.97 Å². The zero-order valence-corrected chi connectivity index (χ0v) is 9.49. The number of carbonyl (C=O) groups excluding carboxylic acids is 1. The van der Waals surface area contributed by atoms with Crippen LogP contribution in [0.5, 0.6) is 0 Å². The van der Waals surface area contributed by atoms with E-state index < -0.39 is 17.9 Å². The number of aromatic nitrogens is 4. The third-order valence-corrected chi connectivity index (χ3v) is 2.32. The van der Waals surface area contributed by atoms with E-state index >= 15 is 0 Å². The number of aliphatic carboxylic acids is 1. The number of amides is 1. The van der Waals surface area contributed by atoms with E-state index in [1.54, 1.807) is 7.05 Å². The Hall–Kier alpha value is -2.64. The van der Waals surface area contributed by atoms with Crippen molar-refractivity contribution in [3.8, 4) is 0 Å². The highest BCUT2D eigenvalue weighted by molar-refractivity contribution is 5.95. The molecule has 2 rings (SSSR count). The van der Waals surface area contributed by atoms with E-state index in [4.69, 9.17) is 5.11 Å². The van der Waals surface area contributed by atoms with Crippen LogP contribution in [0.15, 0.2) is 24.9 Å². The number of aromatic amines is 1. The van der Waals surface area contributed by atoms with Gasteiger partial charge in [0.05, 0.1) is 18.7 Å². The molecule has 0 fully saturated rings. The van der Waals surface area contributed by atoms with Gasteiger partial charge in [-0.1, -0.05) is 0 Å². The van der Waals surface area contributed by atoms with E-state index in [-0.39, 0.29) is 5.69 Å². The minimum atomic E-state index is -1.16. The van der Waals surface area contributed by atoms with E-state index in [1.807, 2.05) is 0 Å². The normalized spacial score (nSPS) is 12.1. The Morgan fingerprint density at radius 2 is 2.28 bits per heavy atom. The average Bonchev–Trinajstić information content (AvgIpc) is 2.95. The molecule has 0 radical (unpaired) electrons. The van der Waals surface area contributed by atoms with Gasteiger partial charge in [-0.15, -0.1) is 0 Å². The summed E-state index contributed by atoms with van der Waals surface area (Å²) >= 11 is 0. The monoisotopic (exact) mass is 249 g/mol. The lowest BCUT2D eigenvalue weighted by molar-refractivity contribution is -0.139. The molecule has 0 aliphatic carbocycles. The van der Waals surface area contributed by atoms with Crippen LogP contribution in [0.1, 0.15) is 22.1 Å². The molecule has 18 heavy (non-hydrogen) atoms. The highest BCUT2D eigenvalue weighted by Gasteiger charge is 2.24. The van der Waals surface area contributed by atoms with Crippen molar-refractivity contribution in [2.24, 2.45) is 7.05 Å². The van der Waals surface area contributed by atoms with E-state index in [0.29, 0.717) is 5.56 Å². The highest BCUT2D eigenvalue weighted by Crippen LogP contribution is 2.12. The first-order chi connectivity index (χ1) is 8.58. The summed E-state index contributed by atoms with van der Waals surface area (Å²) in [6.45, 7) is 0. The third kappa shape index (κ3) is 2.37. The topological polar surface area (TPSA) is 113 Å². The number of rotatable bonds is 4. The molecule has 0 aliphatic heterocycles. The fraction of sp³-hybridized carbons (Fsp3) is 0.200. The number of aryl methyl sites for hydroxylation is 1. The van der Waals surface area contributed by atoms with Crippen LogP contribution in [0.25, 0.3) is 0 Å². The Morgan fingerprint density at radius 1 is 1.50 bits per heavy atom. The summed E-state index contributed by atoms with van der Waals surface area (Å²) in [4.78, 5) is 29.2. The third-order valence-electron chi connectivity index (χ3n) is 2.32. The van der Waals surface area contributed by atoms with E-state index in [1.165, 1.54) is 29.6 Å². The minimum absolute atomic E-state index is 0.199. The highest BCUT2D eigenvalue weighted by atomic mass is 16.4. The lowest BCUT2D eigenvalue weighted by Gasteiger charge is -2.11. The van der Waals surface area contributed by atoms with Crippen LogP contribution in [-0.2, 0) is 11.8 Å². The van der Waals surface area contributed by atoms with Crippen LogP contribution in [-0.4, -0.2) is 36.7 Å². The molecule has 0 aromatic carbocycles. The molecule has 0 bridgehead atoms. The Bertz CT molecular complexity index is 560. The van der Waals surface area contributed by atoms with Crippen molar-refractivity contribution >= 4 is 11.9 Å². The van der Waals surface area contributed by atoms with Crippen LogP contribution < -0.4 is 5.32 Å². The molecule has 8 heteroatoms. The summed E-state index contributed by atoms with van der Waals surface area (Å²) in [6, 6.07) is -1.14. The summed E-state index contributed by atoms with van der Waals surface area (Å²) in [5.41, 5.74) is 0.600. The standard InChI is InChI=1S/C10H11N5O3/c1-15-4-6(2-13-15)8(10(17)18)14-9(16)7-3-11-5-12-7/h2-5,8H,1H3,(H,11,12)(H,14,16)(H,17,18). The molecule has 0 aliphatic rings. The van der Waals surface area contributed by atoms with Crippen molar-refractivity contribution in [2.45, 2.75) is 6.04 Å². The van der Waals surface area contributed by atoms with Crippen LogP contribution in [0, 0.1) is 0 Å². The quantitative estimate of drug-likeness (QED) is 0.688. The number of imidazole rings is 1. The second-order valence-corrected chi connectivity index (χ2v) is 3.66. The van der Waals surface area contributed by atoms with Gasteiger partial charge in [0.1, 0.15) is 5.69 Å². The van der Waals surface area contributed by atoms with Crippen molar-refractivity contribution in [2.75, 3.05) is 0 Å². The molecular formula is C10H11N5O3. The lowest BCUT2D eigenvalue weighted by atomic mass is 10.1. The molecular weight excluding hydrogens is 238 g/mol. The van der Waals surface area contributed by atoms with Gasteiger partial charge in [0.25, 0.3) is 5.91 Å². The van der Waals surface area contributed by atoms with Crippen LogP contribution in [0.2, 0.25) is 0 Å². The van der Waals surface area contributed by atoms with Gasteiger partial charge in [-0.25, -0.2) is 9.78 Å². The summed E-state index contributed by atoms with van der Waals surface area (Å²) < 4.78 is 1.47. The maximum Gasteiger partial charge on any atom is 0.331 e. The second kappa shape index (κ2) is 4.70. The second-order valence-electron chi connectivity index (χ2n) is 3.66. The van der Waals surface area contributed by atoms with Crippen molar-refractivity contribution < 1.29 is 14.7 Å². The van der Waals surface area contributed by atoms with Gasteiger partial charge in [0, 0.05) is 18.8 Å². The van der Waals surface area contributed by atoms with Gasteiger partial charge in [-0.05, 0) is 0 Å². The fourth-order valence-electron chi connectivity index (χ4n) is 1.47. The number of hydrogen-bond acceptors (Lipinski definition) is 4. The number of hydrogen-bond donors (Lipinski definition) is 3. The molecule has 1 atom stereocenters. The van der Waals surface area contributed by atoms with E-state index in [0.717, 1.165) is 0 Å². The number of nitrogens with one attached hydrogen (secondary N) is 2. The SMILES string of the molecule is Cn1cc(C(NC(=O)c2cnc[nH]2)C(=O)O)cn1. The number of carboxylic acid groups (broad SMARTS) is 1. The molecule has 3 N–H and O–H groups in total. The first-order valence-electron chi connectivity index (χ1n) is 5.08. The number of H-pyrrole nitrogens is 1. The van der Waals surface area contributed by atoms with Gasteiger partial charge in [-0.3, -0.25) is 9.48 Å². The maximum atomic E-state index is 11.7. The number of carboxylic acids is 1. The van der Waals surface area contributed by atoms with Crippen LogP contribution in [0.3, 0.4) is 0 Å². The van der Waals surface area contributed by atoms with Gasteiger partial charge in [0.15, 0.2) is 6.04 Å². The zero-order valence-electron chi connectivity index (χ0n) is 9.49. The minimum Gasteiger partial charge on any atom is -0.479 e. The molecule has 2 heterocycles. The van der Waals surface area contributed by atoms with Gasteiger partial charge < -0.3 is 15.4 Å². The average molecular weight is 249 g/mol. The van der Waals surface area contributed by atoms with Crippen LogP contribution in [0.4, 0.5) is 0 Å². The summed E-state index contributed by atoms with van der Waals surface area (Å²) in [6.07, 6.45) is 5.59. The van der Waals surface area contributed by atoms with Gasteiger partial charge in [0.2, 0.25) is 0 Å². The lowest BCUT2D eigenvalue weighted by Crippen LogP contribution is -2.33. The first kappa shape index (κ1) is 11.8. The van der Waals surface area contributed by atoms with E-state index in [9.17, 15) is 9.59 Å². The van der Waals surface area contributed by atoms with Crippen molar-refractivity contribution in [3.63, 3.8) is 0 Å². The molecule has 2 aromatic heterocycles. The summed E-state index contributed by atoms with van der Waals surface area (Å²) in [7, 11) is 1.67. The summed E-state index contributed by atoms with van der Waals surface area (Å²) in [5.74, 6) is -1.69. The van der Waals surface area contributed by atoms with Crippen molar-refractivity contribution in [3.05, 3.63) is 36.2 Å². The predicted octanol–water partition coefficient (Wildman–Crippen LogP) is -0.301. The van der Waals surface area contributed by atoms with Gasteiger partial charge in [-0.2, -0.15) is 5.10 Å². The molecule has 1 amide bonds. The smallest absolute Gasteiger partial charge is 0.331 e. The van der Waals surface area contributed by atoms with Crippen molar-refractivity contribution in [1.29, 1.82) is 0 Å². The van der Waals surface area contributed by atoms with Crippen molar-refractivity contribution in [1.82, 2.24) is 25.1 Å². The molecule has 0 saturated carbocycles. The fourth-order valence-corrected chi connectivity index (χ4v) is 1.47. The predicted molar refractivity (Wildman–Crippen MR) is 59.6 cm³/mol. The molecule has 8 nitrogen and oxygen atoms in total. The molecule has 0 spiro atoms. The zero-order chi connectivity index (χ0) is 13.1.